The van der Waals surface area contributed by atoms with Gasteiger partial charge in [-0.1, -0.05) is 18.2 Å². The topological polar surface area (TPSA) is 60.9 Å². The maximum atomic E-state index is 12.8. The minimum atomic E-state index is -0.905. The van der Waals surface area contributed by atoms with Crippen molar-refractivity contribution in [2.24, 2.45) is 0 Å². The van der Waals surface area contributed by atoms with Crippen LogP contribution in [0.15, 0.2) is 41.8 Å². The summed E-state index contributed by atoms with van der Waals surface area (Å²) < 4.78 is 0. The molecule has 0 unspecified atom stereocenters. The summed E-state index contributed by atoms with van der Waals surface area (Å²) in [5.74, 6) is -0.958. The molecule has 0 aliphatic carbocycles. The number of para-hydroxylation sites is 1. The third kappa shape index (κ3) is 3.76. The molecule has 0 radical (unpaired) electrons. The molecule has 1 fully saturated rings. The molecule has 0 saturated carbocycles. The van der Waals surface area contributed by atoms with Crippen LogP contribution in [0.5, 0.6) is 0 Å². The third-order valence-electron chi connectivity index (χ3n) is 4.19. The van der Waals surface area contributed by atoms with E-state index in [1.54, 1.807) is 11.4 Å². The van der Waals surface area contributed by atoms with Gasteiger partial charge in [-0.2, -0.15) is 0 Å². The van der Waals surface area contributed by atoms with E-state index in [9.17, 15) is 9.59 Å². The largest absolute Gasteiger partial charge is 0.481 e. The number of benzene rings is 1. The number of hydrogen-bond acceptors (Lipinski definition) is 4. The Balaban J connectivity index is 1.69. The van der Waals surface area contributed by atoms with Gasteiger partial charge in [0.05, 0.1) is 12.0 Å². The highest BCUT2D eigenvalue weighted by atomic mass is 32.1. The van der Waals surface area contributed by atoms with Gasteiger partial charge in [-0.25, -0.2) is 0 Å². The number of carboxylic acid groups (broad SMARTS) is 1. The quantitative estimate of drug-likeness (QED) is 0.926. The van der Waals surface area contributed by atoms with Gasteiger partial charge in [0, 0.05) is 36.7 Å². The van der Waals surface area contributed by atoms with Crippen LogP contribution in [0.2, 0.25) is 0 Å². The van der Waals surface area contributed by atoms with E-state index in [4.69, 9.17) is 5.11 Å². The van der Waals surface area contributed by atoms with E-state index in [1.807, 2.05) is 23.1 Å². The lowest BCUT2D eigenvalue weighted by atomic mass is 10.2. The zero-order valence-electron chi connectivity index (χ0n) is 13.4. The van der Waals surface area contributed by atoms with Crippen molar-refractivity contribution in [1.29, 1.82) is 0 Å². The molecule has 2 heterocycles. The van der Waals surface area contributed by atoms with Gasteiger partial charge < -0.3 is 14.9 Å². The third-order valence-corrected chi connectivity index (χ3v) is 5.11. The maximum absolute atomic E-state index is 12.8. The number of thiophene rings is 1. The summed E-state index contributed by atoms with van der Waals surface area (Å²) in [7, 11) is 0. The second kappa shape index (κ2) is 7.49. The second-order valence-corrected chi connectivity index (χ2v) is 6.80. The number of carbonyl (C=O) groups excluding carboxylic acids is 1. The number of aliphatic carboxylic acids is 1. The van der Waals surface area contributed by atoms with E-state index in [-0.39, 0.29) is 12.3 Å². The first-order valence-corrected chi connectivity index (χ1v) is 8.90. The highest BCUT2D eigenvalue weighted by Crippen LogP contribution is 2.21. The first-order chi connectivity index (χ1) is 11.6. The molecule has 1 aromatic heterocycles. The fourth-order valence-electron chi connectivity index (χ4n) is 2.99. The summed E-state index contributed by atoms with van der Waals surface area (Å²) in [6, 6.07) is 11.9. The predicted octanol–water partition coefficient (Wildman–Crippen LogP) is 2.73. The molecule has 3 rings (SSSR count). The molecule has 0 spiro atoms. The molecule has 2 aromatic rings. The molecule has 126 valence electrons. The Bertz CT molecular complexity index is 714. The summed E-state index contributed by atoms with van der Waals surface area (Å²) in [6.07, 6.45) is 0.807. The molecular weight excluding hydrogens is 324 g/mol. The minimum absolute atomic E-state index is 0.0533. The second-order valence-electron chi connectivity index (χ2n) is 5.80. The number of nitrogens with zero attached hydrogens (tertiary/aromatic N) is 2. The van der Waals surface area contributed by atoms with Crippen molar-refractivity contribution in [3.8, 4) is 0 Å². The Morgan fingerprint density at radius 2 is 1.83 bits per heavy atom. The smallest absolute Gasteiger partial charge is 0.308 e. The van der Waals surface area contributed by atoms with Gasteiger partial charge in [0.1, 0.15) is 0 Å². The van der Waals surface area contributed by atoms with Crippen molar-refractivity contribution in [2.75, 3.05) is 31.1 Å². The Hall–Kier alpha value is -2.34. The molecular formula is C18H20N2O3S. The van der Waals surface area contributed by atoms with E-state index in [0.717, 1.165) is 19.5 Å². The number of carboxylic acids is 1. The van der Waals surface area contributed by atoms with Gasteiger partial charge in [0.25, 0.3) is 5.91 Å². The van der Waals surface area contributed by atoms with Gasteiger partial charge in [-0.15, -0.1) is 11.3 Å². The van der Waals surface area contributed by atoms with Crippen molar-refractivity contribution in [3.05, 3.63) is 52.2 Å². The van der Waals surface area contributed by atoms with Crippen molar-refractivity contribution in [2.45, 2.75) is 12.8 Å². The highest BCUT2D eigenvalue weighted by Gasteiger charge is 2.23. The van der Waals surface area contributed by atoms with Crippen LogP contribution < -0.4 is 4.90 Å². The molecule has 1 aliphatic heterocycles. The van der Waals surface area contributed by atoms with Crippen LogP contribution in [0.4, 0.5) is 5.69 Å². The molecule has 1 aromatic carbocycles. The fourth-order valence-corrected chi connectivity index (χ4v) is 3.85. The fraction of sp³-hybridized carbons (Fsp3) is 0.333. The molecule has 1 saturated heterocycles. The van der Waals surface area contributed by atoms with Crippen LogP contribution in [0.1, 0.15) is 21.7 Å². The van der Waals surface area contributed by atoms with Crippen molar-refractivity contribution in [1.82, 2.24) is 4.90 Å². The van der Waals surface area contributed by atoms with Crippen LogP contribution >= 0.6 is 11.3 Å². The van der Waals surface area contributed by atoms with Crippen LogP contribution in [0, 0.1) is 0 Å². The van der Waals surface area contributed by atoms with Crippen LogP contribution in [0.25, 0.3) is 0 Å². The Morgan fingerprint density at radius 1 is 1.04 bits per heavy atom. The summed E-state index contributed by atoms with van der Waals surface area (Å²) in [4.78, 5) is 28.5. The molecule has 1 amide bonds. The molecule has 6 heteroatoms. The lowest BCUT2D eigenvalue weighted by Gasteiger charge is -2.23. The average Bonchev–Trinajstić information content (AvgIpc) is 2.89. The minimum Gasteiger partial charge on any atom is -0.481 e. The van der Waals surface area contributed by atoms with E-state index >= 15 is 0 Å². The molecule has 0 bridgehead atoms. The van der Waals surface area contributed by atoms with Gasteiger partial charge in [0.15, 0.2) is 0 Å². The van der Waals surface area contributed by atoms with Crippen molar-refractivity contribution < 1.29 is 14.7 Å². The maximum Gasteiger partial charge on any atom is 0.308 e. The Labute approximate surface area is 145 Å². The van der Waals surface area contributed by atoms with Crippen LogP contribution in [-0.4, -0.2) is 48.1 Å². The summed E-state index contributed by atoms with van der Waals surface area (Å²) in [6.45, 7) is 3.05. The monoisotopic (exact) mass is 344 g/mol. The number of rotatable bonds is 4. The molecule has 1 N–H and O–H groups in total. The number of hydrogen-bond donors (Lipinski definition) is 1. The van der Waals surface area contributed by atoms with Gasteiger partial charge >= 0.3 is 5.97 Å². The van der Waals surface area contributed by atoms with E-state index < -0.39 is 5.97 Å². The Morgan fingerprint density at radius 3 is 2.58 bits per heavy atom. The van der Waals surface area contributed by atoms with Gasteiger partial charge in [-0.3, -0.25) is 9.59 Å². The first-order valence-electron chi connectivity index (χ1n) is 8.02. The van der Waals surface area contributed by atoms with E-state index in [1.165, 1.54) is 17.0 Å². The molecule has 1 aliphatic rings. The van der Waals surface area contributed by atoms with Gasteiger partial charge in [0.2, 0.25) is 0 Å². The summed E-state index contributed by atoms with van der Waals surface area (Å²) >= 11 is 1.33. The standard InChI is InChI=1S/C18H20N2O3S/c21-17(22)13-16-15(7-12-24-16)18(23)20-9-4-8-19(10-11-20)14-5-2-1-3-6-14/h1-3,5-7,12H,4,8-11,13H2,(H,21,22). The van der Waals surface area contributed by atoms with E-state index in [2.05, 4.69) is 17.0 Å². The van der Waals surface area contributed by atoms with Crippen molar-refractivity contribution >= 4 is 28.9 Å². The van der Waals surface area contributed by atoms with Crippen molar-refractivity contribution in [3.63, 3.8) is 0 Å². The Kier molecular flexibility index (Phi) is 5.15. The molecule has 5 nitrogen and oxygen atoms in total. The van der Waals surface area contributed by atoms with Crippen LogP contribution in [0.3, 0.4) is 0 Å². The number of carbonyl (C=O) groups is 2. The highest BCUT2D eigenvalue weighted by molar-refractivity contribution is 7.10. The van der Waals surface area contributed by atoms with E-state index in [0.29, 0.717) is 23.5 Å². The lowest BCUT2D eigenvalue weighted by Crippen LogP contribution is -2.35. The summed E-state index contributed by atoms with van der Waals surface area (Å²) in [5.41, 5.74) is 1.71. The lowest BCUT2D eigenvalue weighted by molar-refractivity contribution is -0.136. The molecule has 0 atom stereocenters. The number of amides is 1. The molecule has 24 heavy (non-hydrogen) atoms. The zero-order chi connectivity index (χ0) is 16.9. The first kappa shape index (κ1) is 16.5. The average molecular weight is 344 g/mol. The van der Waals surface area contributed by atoms with Gasteiger partial charge in [-0.05, 0) is 30.0 Å². The van der Waals surface area contributed by atoms with Crippen LogP contribution in [-0.2, 0) is 11.2 Å². The predicted molar refractivity (Wildman–Crippen MR) is 94.8 cm³/mol. The summed E-state index contributed by atoms with van der Waals surface area (Å²) in [5, 5.41) is 10.8. The zero-order valence-corrected chi connectivity index (χ0v) is 14.2. The SMILES string of the molecule is O=C(O)Cc1sccc1C(=O)N1CCCN(c2ccccc2)CC1. The number of anilines is 1. The normalized spacial score (nSPS) is 15.2.